The Hall–Kier alpha value is -2.77. The molecule has 4 aromatic rings. The van der Waals surface area contributed by atoms with Gasteiger partial charge in [0.2, 0.25) is 5.89 Å². The van der Waals surface area contributed by atoms with E-state index in [4.69, 9.17) is 20.4 Å². The SMILES string of the molecule is C=CCn1c(SCc2ncc(-c3cccc(Cl)c3)o2)nnc1-c1ccoc1C. The van der Waals surface area contributed by atoms with E-state index in [1.165, 1.54) is 11.8 Å². The number of allylic oxidation sites excluding steroid dienone is 1. The molecule has 0 bridgehead atoms. The average Bonchev–Trinajstić information content (AvgIpc) is 3.40. The summed E-state index contributed by atoms with van der Waals surface area (Å²) in [6.45, 7) is 6.33. The second-order valence-corrected chi connectivity index (χ2v) is 7.39. The van der Waals surface area contributed by atoms with Crippen molar-refractivity contribution in [3.05, 3.63) is 72.1 Å². The van der Waals surface area contributed by atoms with Crippen molar-refractivity contribution in [3.8, 4) is 22.7 Å². The molecule has 3 aromatic heterocycles. The number of aromatic nitrogens is 4. The zero-order chi connectivity index (χ0) is 19.5. The van der Waals surface area contributed by atoms with Crippen LogP contribution in [0.2, 0.25) is 5.02 Å². The summed E-state index contributed by atoms with van der Waals surface area (Å²) in [4.78, 5) is 4.36. The molecule has 0 aliphatic heterocycles. The fourth-order valence-corrected chi connectivity index (χ4v) is 3.78. The molecule has 0 spiro atoms. The van der Waals surface area contributed by atoms with E-state index in [0.29, 0.717) is 29.0 Å². The van der Waals surface area contributed by atoms with Crippen LogP contribution in [0.3, 0.4) is 0 Å². The largest absolute Gasteiger partial charge is 0.469 e. The molecule has 0 atom stereocenters. The van der Waals surface area contributed by atoms with E-state index < -0.39 is 0 Å². The van der Waals surface area contributed by atoms with Crippen molar-refractivity contribution in [2.24, 2.45) is 0 Å². The number of nitrogens with zero attached hydrogens (tertiary/aromatic N) is 4. The fraction of sp³-hybridized carbons (Fsp3) is 0.150. The second-order valence-electron chi connectivity index (χ2n) is 6.01. The van der Waals surface area contributed by atoms with Gasteiger partial charge in [-0.2, -0.15) is 0 Å². The van der Waals surface area contributed by atoms with Gasteiger partial charge in [-0.15, -0.1) is 16.8 Å². The van der Waals surface area contributed by atoms with E-state index in [2.05, 4.69) is 21.8 Å². The van der Waals surface area contributed by atoms with Crippen molar-refractivity contribution >= 4 is 23.4 Å². The van der Waals surface area contributed by atoms with Gasteiger partial charge in [-0.25, -0.2) is 4.98 Å². The van der Waals surface area contributed by atoms with Crippen LogP contribution in [0.4, 0.5) is 0 Å². The number of oxazole rings is 1. The molecule has 0 radical (unpaired) electrons. The van der Waals surface area contributed by atoms with Crippen molar-refractivity contribution in [1.29, 1.82) is 0 Å². The molecule has 0 aliphatic rings. The predicted octanol–water partition coefficient (Wildman–Crippen LogP) is 5.63. The summed E-state index contributed by atoms with van der Waals surface area (Å²) < 4.78 is 13.3. The van der Waals surface area contributed by atoms with Crippen molar-refractivity contribution in [1.82, 2.24) is 19.7 Å². The number of hydrogen-bond donors (Lipinski definition) is 0. The lowest BCUT2D eigenvalue weighted by atomic mass is 10.2. The molecule has 0 saturated heterocycles. The van der Waals surface area contributed by atoms with E-state index in [-0.39, 0.29) is 0 Å². The standard InChI is InChI=1S/C20H17ClN4O2S/c1-3-8-25-19(16-7-9-26-13(16)2)23-24-20(25)28-12-18-22-11-17(27-18)14-5-4-6-15(21)10-14/h3-7,9-11H,1,8,12H2,2H3. The van der Waals surface area contributed by atoms with Crippen molar-refractivity contribution < 1.29 is 8.83 Å². The van der Waals surface area contributed by atoms with Crippen LogP contribution in [0.25, 0.3) is 22.7 Å². The Bertz CT molecular complexity index is 1120. The zero-order valence-electron chi connectivity index (χ0n) is 15.1. The number of hydrogen-bond acceptors (Lipinski definition) is 6. The molecular weight excluding hydrogens is 396 g/mol. The van der Waals surface area contributed by atoms with Crippen LogP contribution in [-0.2, 0) is 12.3 Å². The van der Waals surface area contributed by atoms with E-state index in [1.807, 2.05) is 47.9 Å². The molecule has 3 heterocycles. The van der Waals surface area contributed by atoms with Gasteiger partial charge in [0.15, 0.2) is 16.7 Å². The van der Waals surface area contributed by atoms with Crippen molar-refractivity contribution in [3.63, 3.8) is 0 Å². The van der Waals surface area contributed by atoms with E-state index in [9.17, 15) is 0 Å². The Kier molecular flexibility index (Phi) is 5.36. The molecule has 8 heteroatoms. The minimum atomic E-state index is 0.528. The van der Waals surface area contributed by atoms with Crippen LogP contribution in [-0.4, -0.2) is 19.7 Å². The number of rotatable bonds is 7. The molecule has 0 fully saturated rings. The second kappa shape index (κ2) is 8.08. The Morgan fingerprint density at radius 3 is 2.93 bits per heavy atom. The number of halogens is 1. The molecule has 0 amide bonds. The predicted molar refractivity (Wildman–Crippen MR) is 109 cm³/mol. The van der Waals surface area contributed by atoms with Gasteiger partial charge in [0.05, 0.1) is 23.8 Å². The van der Waals surface area contributed by atoms with Crippen LogP contribution in [0.1, 0.15) is 11.7 Å². The lowest BCUT2D eigenvalue weighted by molar-refractivity contribution is 0.529. The quantitative estimate of drug-likeness (QED) is 0.289. The fourth-order valence-electron chi connectivity index (χ4n) is 2.78. The highest BCUT2D eigenvalue weighted by Crippen LogP contribution is 2.30. The van der Waals surface area contributed by atoms with Gasteiger partial charge in [0, 0.05) is 17.1 Å². The zero-order valence-corrected chi connectivity index (χ0v) is 16.7. The first-order valence-electron chi connectivity index (χ1n) is 8.57. The van der Waals surface area contributed by atoms with Crippen LogP contribution in [0, 0.1) is 6.92 Å². The Morgan fingerprint density at radius 2 is 2.18 bits per heavy atom. The highest BCUT2D eigenvalue weighted by atomic mass is 35.5. The topological polar surface area (TPSA) is 69.9 Å². The molecule has 0 aliphatic carbocycles. The number of thioether (sulfide) groups is 1. The van der Waals surface area contributed by atoms with Gasteiger partial charge in [-0.3, -0.25) is 4.57 Å². The van der Waals surface area contributed by atoms with E-state index in [1.54, 1.807) is 12.5 Å². The van der Waals surface area contributed by atoms with Gasteiger partial charge in [-0.05, 0) is 25.1 Å². The smallest absolute Gasteiger partial charge is 0.205 e. The highest BCUT2D eigenvalue weighted by Gasteiger charge is 2.17. The highest BCUT2D eigenvalue weighted by molar-refractivity contribution is 7.98. The van der Waals surface area contributed by atoms with Crippen LogP contribution in [0.5, 0.6) is 0 Å². The molecule has 142 valence electrons. The minimum Gasteiger partial charge on any atom is -0.469 e. The first-order valence-corrected chi connectivity index (χ1v) is 9.94. The van der Waals surface area contributed by atoms with Gasteiger partial charge in [0.25, 0.3) is 0 Å². The number of benzene rings is 1. The summed E-state index contributed by atoms with van der Waals surface area (Å²) in [6.07, 6.45) is 5.17. The number of furan rings is 1. The third-order valence-electron chi connectivity index (χ3n) is 4.12. The maximum absolute atomic E-state index is 6.05. The molecule has 1 aromatic carbocycles. The van der Waals surface area contributed by atoms with Gasteiger partial charge in [0.1, 0.15) is 5.76 Å². The van der Waals surface area contributed by atoms with E-state index in [0.717, 1.165) is 27.9 Å². The summed E-state index contributed by atoms with van der Waals surface area (Å²) in [5.41, 5.74) is 1.81. The molecule has 0 saturated carbocycles. The maximum atomic E-state index is 6.05. The molecule has 4 rings (SSSR count). The maximum Gasteiger partial charge on any atom is 0.205 e. The summed E-state index contributed by atoms with van der Waals surface area (Å²) >= 11 is 7.55. The normalized spacial score (nSPS) is 11.1. The molecule has 6 nitrogen and oxygen atoms in total. The molecular formula is C20H17ClN4O2S. The van der Waals surface area contributed by atoms with Crippen LogP contribution >= 0.6 is 23.4 Å². The molecule has 28 heavy (non-hydrogen) atoms. The molecule has 0 unspecified atom stereocenters. The summed E-state index contributed by atoms with van der Waals surface area (Å²) in [5, 5.41) is 10.1. The lowest BCUT2D eigenvalue weighted by Crippen LogP contribution is -2.00. The Labute approximate surface area is 171 Å². The number of aryl methyl sites for hydroxylation is 1. The van der Waals surface area contributed by atoms with Crippen LogP contribution in [0.15, 0.2) is 69.4 Å². The first kappa shape index (κ1) is 18.6. The van der Waals surface area contributed by atoms with E-state index >= 15 is 0 Å². The Morgan fingerprint density at radius 1 is 1.29 bits per heavy atom. The summed E-state index contributed by atoms with van der Waals surface area (Å²) in [5.74, 6) is 3.36. The summed E-state index contributed by atoms with van der Waals surface area (Å²) in [7, 11) is 0. The molecule has 0 N–H and O–H groups in total. The third kappa shape index (κ3) is 3.76. The van der Waals surface area contributed by atoms with Crippen LogP contribution < -0.4 is 0 Å². The van der Waals surface area contributed by atoms with Gasteiger partial charge >= 0.3 is 0 Å². The summed E-state index contributed by atoms with van der Waals surface area (Å²) in [6, 6.07) is 9.37. The van der Waals surface area contributed by atoms with Gasteiger partial charge < -0.3 is 8.83 Å². The van der Waals surface area contributed by atoms with Crippen molar-refractivity contribution in [2.45, 2.75) is 24.4 Å². The lowest BCUT2D eigenvalue weighted by Gasteiger charge is -2.06. The Balaban J connectivity index is 1.53. The minimum absolute atomic E-state index is 0.528. The third-order valence-corrected chi connectivity index (χ3v) is 5.30. The first-order chi connectivity index (χ1) is 13.7. The monoisotopic (exact) mass is 412 g/mol. The van der Waals surface area contributed by atoms with Gasteiger partial charge in [-0.1, -0.05) is 41.6 Å². The van der Waals surface area contributed by atoms with Crippen molar-refractivity contribution in [2.75, 3.05) is 0 Å². The average molecular weight is 413 g/mol.